The molecule has 0 amide bonds. The third-order valence-electron chi connectivity index (χ3n) is 3.83. The Labute approximate surface area is 145 Å². The summed E-state index contributed by atoms with van der Waals surface area (Å²) in [5.74, 6) is 2.01. The molecule has 1 aromatic carbocycles. The minimum Gasteiger partial charge on any atom is -0.493 e. The summed E-state index contributed by atoms with van der Waals surface area (Å²) in [5, 5.41) is 12.4. The Hall–Kier alpha value is -2.31. The second-order valence-electron chi connectivity index (χ2n) is 5.40. The third-order valence-corrected chi connectivity index (χ3v) is 4.11. The van der Waals surface area contributed by atoms with E-state index in [1.54, 1.807) is 14.2 Å². The fourth-order valence-electron chi connectivity index (χ4n) is 2.59. The first kappa shape index (κ1) is 16.5. The van der Waals surface area contributed by atoms with Crippen LogP contribution in [0.3, 0.4) is 0 Å². The van der Waals surface area contributed by atoms with Crippen LogP contribution in [0.4, 0.5) is 0 Å². The number of methoxy groups -OCH3 is 2. The van der Waals surface area contributed by atoms with Gasteiger partial charge in [-0.25, -0.2) is 0 Å². The van der Waals surface area contributed by atoms with Crippen LogP contribution in [-0.4, -0.2) is 28.8 Å². The van der Waals surface area contributed by atoms with E-state index in [4.69, 9.17) is 21.1 Å². The van der Waals surface area contributed by atoms with Crippen LogP contribution in [0.1, 0.15) is 24.4 Å². The number of fused-ring (bicyclic) bond motifs is 1. The molecule has 2 aromatic heterocycles. The Balaban J connectivity index is 1.77. The SMILES string of the molecule is COc1cc(CNC(C)c2nnc3ccccn23)cc(Cl)c1OC. The zero-order chi connectivity index (χ0) is 17.1. The standard InChI is InChI=1S/C17H19ClN4O2/c1-11(17-21-20-15-6-4-5-7-22(15)17)19-10-12-8-13(18)16(24-3)14(9-12)23-2/h4-9,11,19H,10H2,1-3H3. The summed E-state index contributed by atoms with van der Waals surface area (Å²) in [4.78, 5) is 0. The predicted octanol–water partition coefficient (Wildman–Crippen LogP) is 3.25. The van der Waals surface area contributed by atoms with E-state index >= 15 is 0 Å². The van der Waals surface area contributed by atoms with Crippen molar-refractivity contribution in [1.29, 1.82) is 0 Å². The van der Waals surface area contributed by atoms with E-state index in [1.807, 2.05) is 47.9 Å². The Morgan fingerprint density at radius 2 is 2.04 bits per heavy atom. The van der Waals surface area contributed by atoms with E-state index in [1.165, 1.54) is 0 Å². The van der Waals surface area contributed by atoms with Crippen LogP contribution in [0.5, 0.6) is 11.5 Å². The molecule has 24 heavy (non-hydrogen) atoms. The normalized spacial score (nSPS) is 12.3. The molecule has 1 N–H and O–H groups in total. The van der Waals surface area contributed by atoms with E-state index in [-0.39, 0.29) is 6.04 Å². The number of ether oxygens (including phenoxy) is 2. The maximum absolute atomic E-state index is 6.25. The van der Waals surface area contributed by atoms with Crippen LogP contribution in [0.2, 0.25) is 5.02 Å². The van der Waals surface area contributed by atoms with Crippen LogP contribution in [0, 0.1) is 0 Å². The minimum absolute atomic E-state index is 0.0225. The third kappa shape index (κ3) is 3.16. The van der Waals surface area contributed by atoms with E-state index in [2.05, 4.69) is 15.5 Å². The number of nitrogens with one attached hydrogen (secondary N) is 1. The molecule has 0 aliphatic carbocycles. The molecule has 0 saturated heterocycles. The number of rotatable bonds is 6. The summed E-state index contributed by atoms with van der Waals surface area (Å²) in [6.07, 6.45) is 1.95. The monoisotopic (exact) mass is 346 g/mol. The van der Waals surface area contributed by atoms with Crippen LogP contribution >= 0.6 is 11.6 Å². The largest absolute Gasteiger partial charge is 0.493 e. The van der Waals surface area contributed by atoms with Crippen molar-refractivity contribution in [2.75, 3.05) is 14.2 Å². The molecule has 3 rings (SSSR count). The Kier molecular flexibility index (Phi) is 4.87. The molecular weight excluding hydrogens is 328 g/mol. The number of nitrogens with zero attached hydrogens (tertiary/aromatic N) is 3. The van der Waals surface area contributed by atoms with Crippen molar-refractivity contribution >= 4 is 17.2 Å². The minimum atomic E-state index is 0.0225. The van der Waals surface area contributed by atoms with Gasteiger partial charge in [-0.05, 0) is 36.8 Å². The van der Waals surface area contributed by atoms with Gasteiger partial charge < -0.3 is 14.8 Å². The van der Waals surface area contributed by atoms with Gasteiger partial charge in [0.1, 0.15) is 0 Å². The van der Waals surface area contributed by atoms with Gasteiger partial charge in [-0.2, -0.15) is 0 Å². The van der Waals surface area contributed by atoms with Gasteiger partial charge >= 0.3 is 0 Å². The molecular formula is C17H19ClN4O2. The van der Waals surface area contributed by atoms with E-state index < -0.39 is 0 Å². The highest BCUT2D eigenvalue weighted by atomic mass is 35.5. The van der Waals surface area contributed by atoms with Gasteiger partial charge in [-0.15, -0.1) is 10.2 Å². The van der Waals surface area contributed by atoms with Crippen molar-refractivity contribution in [1.82, 2.24) is 19.9 Å². The fraction of sp³-hybridized carbons (Fsp3) is 0.294. The Morgan fingerprint density at radius 3 is 2.79 bits per heavy atom. The number of aromatic nitrogens is 3. The fourth-order valence-corrected chi connectivity index (χ4v) is 2.90. The first-order chi connectivity index (χ1) is 11.6. The zero-order valence-electron chi connectivity index (χ0n) is 13.8. The van der Waals surface area contributed by atoms with Crippen LogP contribution in [0.15, 0.2) is 36.5 Å². The molecule has 1 unspecified atom stereocenters. The molecule has 2 heterocycles. The summed E-state index contributed by atoms with van der Waals surface area (Å²) < 4.78 is 12.6. The van der Waals surface area contributed by atoms with Gasteiger partial charge in [0.05, 0.1) is 25.3 Å². The first-order valence-corrected chi connectivity index (χ1v) is 7.95. The van der Waals surface area contributed by atoms with Gasteiger partial charge in [-0.1, -0.05) is 17.7 Å². The molecule has 0 fully saturated rings. The number of pyridine rings is 1. The lowest BCUT2D eigenvalue weighted by molar-refractivity contribution is 0.354. The van der Waals surface area contributed by atoms with Crippen LogP contribution in [0.25, 0.3) is 5.65 Å². The van der Waals surface area contributed by atoms with Gasteiger partial charge in [-0.3, -0.25) is 4.40 Å². The molecule has 126 valence electrons. The summed E-state index contributed by atoms with van der Waals surface area (Å²) in [6.45, 7) is 2.66. The van der Waals surface area contributed by atoms with Crippen molar-refractivity contribution in [2.45, 2.75) is 19.5 Å². The van der Waals surface area contributed by atoms with Crippen molar-refractivity contribution in [3.05, 3.63) is 52.9 Å². The highest BCUT2D eigenvalue weighted by Gasteiger charge is 2.14. The van der Waals surface area contributed by atoms with Gasteiger partial charge in [0.2, 0.25) is 0 Å². The van der Waals surface area contributed by atoms with Crippen molar-refractivity contribution in [3.63, 3.8) is 0 Å². The maximum atomic E-state index is 6.25. The highest BCUT2D eigenvalue weighted by Crippen LogP contribution is 2.36. The van der Waals surface area contributed by atoms with Gasteiger partial charge in [0.25, 0.3) is 0 Å². The van der Waals surface area contributed by atoms with Crippen molar-refractivity contribution in [2.24, 2.45) is 0 Å². The first-order valence-electron chi connectivity index (χ1n) is 7.57. The lowest BCUT2D eigenvalue weighted by Crippen LogP contribution is -2.20. The molecule has 0 aliphatic heterocycles. The smallest absolute Gasteiger partial charge is 0.179 e. The molecule has 1 atom stereocenters. The zero-order valence-corrected chi connectivity index (χ0v) is 14.5. The second kappa shape index (κ2) is 7.07. The molecule has 0 radical (unpaired) electrons. The molecule has 0 saturated carbocycles. The lowest BCUT2D eigenvalue weighted by Gasteiger charge is -2.15. The predicted molar refractivity (Wildman–Crippen MR) is 92.8 cm³/mol. The van der Waals surface area contributed by atoms with Crippen LogP contribution in [-0.2, 0) is 6.54 Å². The molecule has 7 heteroatoms. The van der Waals surface area contributed by atoms with Gasteiger partial charge in [0, 0.05) is 12.7 Å². The maximum Gasteiger partial charge on any atom is 0.179 e. The quantitative estimate of drug-likeness (QED) is 0.742. The molecule has 0 spiro atoms. The average Bonchev–Trinajstić information content (AvgIpc) is 3.03. The number of benzene rings is 1. The topological polar surface area (TPSA) is 60.7 Å². The average molecular weight is 347 g/mol. The molecule has 0 aliphatic rings. The summed E-state index contributed by atoms with van der Waals surface area (Å²) in [5.41, 5.74) is 1.83. The van der Waals surface area contributed by atoms with E-state index in [0.717, 1.165) is 17.0 Å². The number of halogens is 1. The Morgan fingerprint density at radius 1 is 1.21 bits per heavy atom. The number of hydrogen-bond acceptors (Lipinski definition) is 5. The summed E-state index contributed by atoms with van der Waals surface area (Å²) in [6, 6.07) is 9.63. The Bertz CT molecular complexity index is 850. The summed E-state index contributed by atoms with van der Waals surface area (Å²) in [7, 11) is 3.16. The van der Waals surface area contributed by atoms with E-state index in [0.29, 0.717) is 23.1 Å². The second-order valence-corrected chi connectivity index (χ2v) is 5.81. The molecule has 3 aromatic rings. The van der Waals surface area contributed by atoms with Crippen molar-refractivity contribution in [3.8, 4) is 11.5 Å². The van der Waals surface area contributed by atoms with E-state index in [9.17, 15) is 0 Å². The number of hydrogen-bond donors (Lipinski definition) is 1. The summed E-state index contributed by atoms with van der Waals surface area (Å²) >= 11 is 6.25. The lowest BCUT2D eigenvalue weighted by atomic mass is 10.2. The van der Waals surface area contributed by atoms with Gasteiger partial charge in [0.15, 0.2) is 23.0 Å². The van der Waals surface area contributed by atoms with Crippen LogP contribution < -0.4 is 14.8 Å². The molecule has 0 bridgehead atoms. The van der Waals surface area contributed by atoms with Crippen molar-refractivity contribution < 1.29 is 9.47 Å². The molecule has 6 nitrogen and oxygen atoms in total. The highest BCUT2D eigenvalue weighted by molar-refractivity contribution is 6.32.